The number of aliphatic hydroxyl groups is 1. The molecular formula is C13H18ClN3O3S. The van der Waals surface area contributed by atoms with Gasteiger partial charge in [0.15, 0.2) is 0 Å². The zero-order chi connectivity index (χ0) is 16.3. The molecule has 0 aliphatic carbocycles. The first kappa shape index (κ1) is 17.9. The first-order valence-electron chi connectivity index (χ1n) is 6.14. The van der Waals surface area contributed by atoms with Crippen LogP contribution in [-0.4, -0.2) is 51.2 Å². The number of nitrogens with one attached hydrogen (secondary N) is 1. The van der Waals surface area contributed by atoms with E-state index in [0.29, 0.717) is 6.54 Å². The minimum atomic E-state index is -3.80. The predicted octanol–water partition coefficient (Wildman–Crippen LogP) is 0.803. The fourth-order valence-electron chi connectivity index (χ4n) is 1.82. The van der Waals surface area contributed by atoms with Gasteiger partial charge in [0.25, 0.3) is 0 Å². The maximum absolute atomic E-state index is 12.1. The summed E-state index contributed by atoms with van der Waals surface area (Å²) in [6, 6.07) is 5.71. The van der Waals surface area contributed by atoms with Crippen LogP contribution in [0, 0.1) is 11.3 Å². The van der Waals surface area contributed by atoms with Gasteiger partial charge in [0.05, 0.1) is 21.1 Å². The molecule has 0 heterocycles. The molecule has 1 aromatic carbocycles. The van der Waals surface area contributed by atoms with Gasteiger partial charge in [0.2, 0.25) is 10.0 Å². The normalized spacial score (nSPS) is 14.7. The molecule has 8 heteroatoms. The maximum Gasteiger partial charge on any atom is 0.240 e. The van der Waals surface area contributed by atoms with Crippen LogP contribution in [0.1, 0.15) is 12.5 Å². The Bertz CT molecular complexity index is 651. The third-order valence-corrected chi connectivity index (χ3v) is 4.38. The van der Waals surface area contributed by atoms with Crippen molar-refractivity contribution in [3.8, 4) is 6.07 Å². The summed E-state index contributed by atoms with van der Waals surface area (Å²) in [7, 11) is -0.237. The van der Waals surface area contributed by atoms with Crippen LogP contribution in [0.25, 0.3) is 0 Å². The molecule has 0 saturated carbocycles. The second-order valence-corrected chi connectivity index (χ2v) is 7.49. The van der Waals surface area contributed by atoms with Crippen LogP contribution in [0.15, 0.2) is 23.1 Å². The largest absolute Gasteiger partial charge is 0.387 e. The molecule has 1 rings (SSSR count). The average molecular weight is 332 g/mol. The van der Waals surface area contributed by atoms with Crippen LogP contribution in [0.3, 0.4) is 0 Å². The van der Waals surface area contributed by atoms with E-state index >= 15 is 0 Å². The number of nitrogens with zero attached hydrogens (tertiary/aromatic N) is 2. The van der Waals surface area contributed by atoms with Crippen molar-refractivity contribution in [2.75, 3.05) is 27.2 Å². The summed E-state index contributed by atoms with van der Waals surface area (Å²) in [6.07, 6.45) is 0. The van der Waals surface area contributed by atoms with Crippen LogP contribution >= 0.6 is 11.6 Å². The monoisotopic (exact) mass is 331 g/mol. The van der Waals surface area contributed by atoms with Crippen molar-refractivity contribution >= 4 is 21.6 Å². The third kappa shape index (κ3) is 5.26. The quantitative estimate of drug-likeness (QED) is 0.804. The standard InChI is InChI=1S/C13H18ClN3O3S/c1-13(18,9-17(2)3)8-16-21(19,20)11-5-4-10(7-15)12(14)6-11/h4-6,16,18H,8-9H2,1-3H3. The van der Waals surface area contributed by atoms with Gasteiger partial charge in [-0.1, -0.05) is 11.6 Å². The van der Waals surface area contributed by atoms with Crippen LogP contribution in [-0.2, 0) is 10.0 Å². The van der Waals surface area contributed by atoms with Gasteiger partial charge in [0.1, 0.15) is 6.07 Å². The first-order valence-corrected chi connectivity index (χ1v) is 8.00. The van der Waals surface area contributed by atoms with Gasteiger partial charge >= 0.3 is 0 Å². The molecule has 0 radical (unpaired) electrons. The molecule has 0 spiro atoms. The van der Waals surface area contributed by atoms with E-state index in [2.05, 4.69) is 4.72 Å². The summed E-state index contributed by atoms with van der Waals surface area (Å²) < 4.78 is 26.6. The van der Waals surface area contributed by atoms with Crippen molar-refractivity contribution in [2.45, 2.75) is 17.4 Å². The van der Waals surface area contributed by atoms with Gasteiger partial charge in [-0.2, -0.15) is 5.26 Å². The van der Waals surface area contributed by atoms with Crippen molar-refractivity contribution in [3.05, 3.63) is 28.8 Å². The zero-order valence-electron chi connectivity index (χ0n) is 12.1. The van der Waals surface area contributed by atoms with Gasteiger partial charge in [0, 0.05) is 13.1 Å². The Kier molecular flexibility index (Phi) is 5.73. The maximum atomic E-state index is 12.1. The van der Waals surface area contributed by atoms with E-state index in [9.17, 15) is 13.5 Å². The van der Waals surface area contributed by atoms with Crippen molar-refractivity contribution in [3.63, 3.8) is 0 Å². The average Bonchev–Trinajstić information content (AvgIpc) is 2.35. The number of halogens is 1. The number of benzene rings is 1. The van der Waals surface area contributed by atoms with Crippen LogP contribution in [0.2, 0.25) is 5.02 Å². The molecule has 0 aliphatic heterocycles. The minimum absolute atomic E-state index is 0.0489. The van der Waals surface area contributed by atoms with Gasteiger partial charge < -0.3 is 10.0 Å². The van der Waals surface area contributed by atoms with E-state index in [1.807, 2.05) is 6.07 Å². The lowest BCUT2D eigenvalue weighted by Crippen LogP contribution is -2.47. The van der Waals surface area contributed by atoms with Gasteiger partial charge in [-0.3, -0.25) is 0 Å². The zero-order valence-corrected chi connectivity index (χ0v) is 13.7. The van der Waals surface area contributed by atoms with Crippen molar-refractivity contribution in [1.29, 1.82) is 5.26 Å². The Balaban J connectivity index is 2.88. The van der Waals surface area contributed by atoms with Gasteiger partial charge in [-0.25, -0.2) is 13.1 Å². The number of rotatable bonds is 6. The lowest BCUT2D eigenvalue weighted by molar-refractivity contribution is 0.0386. The third-order valence-electron chi connectivity index (χ3n) is 2.67. The van der Waals surface area contributed by atoms with E-state index in [-0.39, 0.29) is 22.0 Å². The molecule has 0 aromatic heterocycles. The second-order valence-electron chi connectivity index (χ2n) is 5.31. The highest BCUT2D eigenvalue weighted by Gasteiger charge is 2.25. The molecule has 116 valence electrons. The molecule has 1 unspecified atom stereocenters. The lowest BCUT2D eigenvalue weighted by atomic mass is 10.1. The number of nitriles is 1. The number of hydrogen-bond acceptors (Lipinski definition) is 5. The van der Waals surface area contributed by atoms with E-state index in [1.54, 1.807) is 25.9 Å². The Morgan fingerprint density at radius 1 is 1.48 bits per heavy atom. The molecule has 0 bridgehead atoms. The van der Waals surface area contributed by atoms with Crippen LogP contribution in [0.5, 0.6) is 0 Å². The molecule has 6 nitrogen and oxygen atoms in total. The van der Waals surface area contributed by atoms with E-state index in [1.165, 1.54) is 18.2 Å². The molecule has 1 aromatic rings. The molecule has 1 atom stereocenters. The molecule has 2 N–H and O–H groups in total. The van der Waals surface area contributed by atoms with Gasteiger partial charge in [-0.05, 0) is 39.2 Å². The summed E-state index contributed by atoms with van der Waals surface area (Å²) in [5, 5.41) is 18.9. The summed E-state index contributed by atoms with van der Waals surface area (Å²) in [5.41, 5.74) is -0.998. The molecule has 0 fully saturated rings. The summed E-state index contributed by atoms with van der Waals surface area (Å²) in [5.74, 6) is 0. The number of hydrogen-bond donors (Lipinski definition) is 2. The SMILES string of the molecule is CN(C)CC(C)(O)CNS(=O)(=O)c1ccc(C#N)c(Cl)c1. The molecule has 0 amide bonds. The molecular weight excluding hydrogens is 314 g/mol. The van der Waals surface area contributed by atoms with Crippen molar-refractivity contribution in [1.82, 2.24) is 9.62 Å². The summed E-state index contributed by atoms with van der Waals surface area (Å²) in [4.78, 5) is 1.71. The second kappa shape index (κ2) is 6.73. The smallest absolute Gasteiger partial charge is 0.240 e. The van der Waals surface area contributed by atoms with E-state index in [4.69, 9.17) is 16.9 Å². The molecule has 0 saturated heterocycles. The highest BCUT2D eigenvalue weighted by molar-refractivity contribution is 7.89. The number of sulfonamides is 1. The Morgan fingerprint density at radius 3 is 2.57 bits per heavy atom. The van der Waals surface area contributed by atoms with E-state index in [0.717, 1.165) is 0 Å². The van der Waals surface area contributed by atoms with Crippen molar-refractivity contribution < 1.29 is 13.5 Å². The fourth-order valence-corrected chi connectivity index (χ4v) is 3.30. The van der Waals surface area contributed by atoms with Crippen LogP contribution < -0.4 is 4.72 Å². The Morgan fingerprint density at radius 2 is 2.10 bits per heavy atom. The Labute approximate surface area is 130 Å². The topological polar surface area (TPSA) is 93.4 Å². The number of likely N-dealkylation sites (N-methyl/N-ethyl adjacent to an activating group) is 1. The highest BCUT2D eigenvalue weighted by Crippen LogP contribution is 2.20. The van der Waals surface area contributed by atoms with E-state index < -0.39 is 15.6 Å². The molecule has 0 aliphatic rings. The first-order chi connectivity index (χ1) is 9.57. The minimum Gasteiger partial charge on any atom is -0.387 e. The summed E-state index contributed by atoms with van der Waals surface area (Å²) >= 11 is 5.82. The fraction of sp³-hybridized carbons (Fsp3) is 0.462. The Hall–Kier alpha value is -1.17. The lowest BCUT2D eigenvalue weighted by Gasteiger charge is -2.27. The van der Waals surface area contributed by atoms with Crippen molar-refractivity contribution in [2.24, 2.45) is 0 Å². The molecule has 21 heavy (non-hydrogen) atoms. The highest BCUT2D eigenvalue weighted by atomic mass is 35.5. The van der Waals surface area contributed by atoms with Crippen LogP contribution in [0.4, 0.5) is 0 Å². The van der Waals surface area contributed by atoms with Gasteiger partial charge in [-0.15, -0.1) is 0 Å². The predicted molar refractivity (Wildman–Crippen MR) is 80.5 cm³/mol. The summed E-state index contributed by atoms with van der Waals surface area (Å²) in [6.45, 7) is 1.72.